The summed E-state index contributed by atoms with van der Waals surface area (Å²) in [6.07, 6.45) is 2.25. The maximum absolute atomic E-state index is 13.1. The van der Waals surface area contributed by atoms with E-state index in [1.165, 1.54) is 6.92 Å². The van der Waals surface area contributed by atoms with E-state index < -0.39 is 54.5 Å². The molecule has 0 aliphatic carbocycles. The van der Waals surface area contributed by atoms with Crippen molar-refractivity contribution >= 4 is 34.6 Å². The summed E-state index contributed by atoms with van der Waals surface area (Å²) in [6.45, 7) is 4.34. The molecule has 0 aliphatic rings. The number of carboxylic acid groups (broad SMARTS) is 1. The molecule has 3 amide bonds. The Balaban J connectivity index is 2.22. The molecule has 0 fully saturated rings. The number of para-hydroxylation sites is 1. The largest absolute Gasteiger partial charge is 0.480 e. The lowest BCUT2D eigenvalue weighted by molar-refractivity contribution is -0.142. The summed E-state index contributed by atoms with van der Waals surface area (Å²) in [6, 6.07) is 2.93. The molecule has 0 aliphatic heterocycles. The summed E-state index contributed by atoms with van der Waals surface area (Å²) in [7, 11) is 0. The summed E-state index contributed by atoms with van der Waals surface area (Å²) in [5.74, 6) is -3.19. The van der Waals surface area contributed by atoms with Gasteiger partial charge in [-0.25, -0.2) is 0 Å². The molecular weight excluding hydrogens is 442 g/mol. The van der Waals surface area contributed by atoms with E-state index in [0.717, 1.165) is 16.5 Å². The molecule has 4 atom stereocenters. The third-order valence-electron chi connectivity index (χ3n) is 5.34. The van der Waals surface area contributed by atoms with Crippen LogP contribution in [0.25, 0.3) is 10.9 Å². The maximum Gasteiger partial charge on any atom is 0.325 e. The van der Waals surface area contributed by atoms with Crippen molar-refractivity contribution < 1.29 is 29.4 Å². The number of carbonyl (C=O) groups is 4. The lowest BCUT2D eigenvalue weighted by Crippen LogP contribution is -2.58. The van der Waals surface area contributed by atoms with Crippen LogP contribution >= 0.6 is 0 Å². The van der Waals surface area contributed by atoms with Gasteiger partial charge in [-0.15, -0.1) is 0 Å². The third kappa shape index (κ3) is 7.29. The Labute approximate surface area is 197 Å². The van der Waals surface area contributed by atoms with Gasteiger partial charge in [0.05, 0.1) is 12.6 Å². The number of nitrogens with one attached hydrogen (secondary N) is 4. The second-order valence-electron chi connectivity index (χ2n) is 8.67. The predicted molar refractivity (Wildman–Crippen MR) is 126 cm³/mol. The van der Waals surface area contributed by atoms with E-state index in [-0.39, 0.29) is 12.3 Å². The number of hydrogen-bond donors (Lipinski definition) is 7. The van der Waals surface area contributed by atoms with Crippen LogP contribution in [0.4, 0.5) is 0 Å². The van der Waals surface area contributed by atoms with Gasteiger partial charge in [-0.05, 0) is 30.9 Å². The van der Waals surface area contributed by atoms with Crippen LogP contribution in [-0.2, 0) is 25.6 Å². The van der Waals surface area contributed by atoms with Gasteiger partial charge in [0, 0.05) is 23.5 Å². The zero-order chi connectivity index (χ0) is 25.4. The number of carbonyl (C=O) groups excluding carboxylic acids is 3. The Kier molecular flexibility index (Phi) is 9.58. The molecule has 4 unspecified atom stereocenters. The van der Waals surface area contributed by atoms with Crippen LogP contribution < -0.4 is 21.7 Å². The summed E-state index contributed by atoms with van der Waals surface area (Å²) in [5, 5.41) is 26.7. The second kappa shape index (κ2) is 12.1. The summed E-state index contributed by atoms with van der Waals surface area (Å²) in [5.41, 5.74) is 7.60. The minimum atomic E-state index is -1.40. The van der Waals surface area contributed by atoms with Crippen molar-refractivity contribution in [3.63, 3.8) is 0 Å². The van der Waals surface area contributed by atoms with Crippen LogP contribution in [-0.4, -0.2) is 69.7 Å². The van der Waals surface area contributed by atoms with E-state index >= 15 is 0 Å². The molecule has 34 heavy (non-hydrogen) atoms. The standard InChI is InChI=1S/C23H33N5O6/c1-12(2)8-16(24)20(30)27-18(9-14-10-25-17-7-5-4-6-15(14)17)21(31)28-19(11-29)22(32)26-13(3)23(33)34/h4-7,10,12-13,16,18-19,25,29H,8-9,11,24H2,1-3H3,(H,26,32)(H,27,30)(H,28,31)(H,33,34). The smallest absolute Gasteiger partial charge is 0.325 e. The highest BCUT2D eigenvalue weighted by molar-refractivity contribution is 5.94. The quantitative estimate of drug-likeness (QED) is 0.218. The molecule has 0 bridgehead atoms. The third-order valence-corrected chi connectivity index (χ3v) is 5.34. The van der Waals surface area contributed by atoms with Crippen LogP contribution in [0.15, 0.2) is 30.5 Å². The van der Waals surface area contributed by atoms with Crippen LogP contribution in [0.3, 0.4) is 0 Å². The molecule has 0 spiro atoms. The topological polar surface area (TPSA) is 187 Å². The number of amides is 3. The number of aliphatic carboxylic acids is 1. The van der Waals surface area contributed by atoms with Crippen molar-refractivity contribution in [3.8, 4) is 0 Å². The maximum atomic E-state index is 13.1. The van der Waals surface area contributed by atoms with E-state index in [4.69, 9.17) is 10.8 Å². The Bertz CT molecular complexity index is 1020. The molecule has 0 saturated heterocycles. The average Bonchev–Trinajstić information content (AvgIpc) is 3.18. The number of nitrogens with two attached hydrogens (primary N) is 1. The van der Waals surface area contributed by atoms with Gasteiger partial charge in [-0.3, -0.25) is 19.2 Å². The molecule has 11 nitrogen and oxygen atoms in total. The number of aliphatic hydroxyl groups is 1. The Morgan fingerprint density at radius 1 is 0.971 bits per heavy atom. The van der Waals surface area contributed by atoms with E-state index in [2.05, 4.69) is 20.9 Å². The Morgan fingerprint density at radius 2 is 1.59 bits per heavy atom. The number of hydrogen-bond acceptors (Lipinski definition) is 6. The van der Waals surface area contributed by atoms with Crippen molar-refractivity contribution in [3.05, 3.63) is 36.0 Å². The molecule has 1 aromatic heterocycles. The van der Waals surface area contributed by atoms with Gasteiger partial charge in [-0.2, -0.15) is 0 Å². The highest BCUT2D eigenvalue weighted by atomic mass is 16.4. The van der Waals surface area contributed by atoms with Gasteiger partial charge in [0.1, 0.15) is 18.1 Å². The summed E-state index contributed by atoms with van der Waals surface area (Å²) >= 11 is 0. The van der Waals surface area contributed by atoms with E-state index in [0.29, 0.717) is 6.42 Å². The first kappa shape index (κ1) is 26.8. The number of fused-ring (bicyclic) bond motifs is 1. The molecule has 8 N–H and O–H groups in total. The van der Waals surface area contributed by atoms with Crippen molar-refractivity contribution in [1.29, 1.82) is 0 Å². The van der Waals surface area contributed by atoms with E-state index in [1.54, 1.807) is 6.20 Å². The summed E-state index contributed by atoms with van der Waals surface area (Å²) in [4.78, 5) is 52.2. The zero-order valence-electron chi connectivity index (χ0n) is 19.5. The molecule has 186 valence electrons. The number of aromatic amines is 1. The highest BCUT2D eigenvalue weighted by Crippen LogP contribution is 2.19. The first-order valence-electron chi connectivity index (χ1n) is 11.1. The fourth-order valence-electron chi connectivity index (χ4n) is 3.47. The number of benzene rings is 1. The van der Waals surface area contributed by atoms with Crippen molar-refractivity contribution in [2.45, 2.75) is 57.8 Å². The molecule has 0 saturated carbocycles. The fourth-order valence-corrected chi connectivity index (χ4v) is 3.47. The molecular formula is C23H33N5O6. The van der Waals surface area contributed by atoms with Crippen molar-refractivity contribution in [1.82, 2.24) is 20.9 Å². The minimum Gasteiger partial charge on any atom is -0.480 e. The molecule has 0 radical (unpaired) electrons. The van der Waals surface area contributed by atoms with Gasteiger partial charge in [0.15, 0.2) is 0 Å². The molecule has 1 heterocycles. The van der Waals surface area contributed by atoms with Gasteiger partial charge >= 0.3 is 5.97 Å². The fraction of sp³-hybridized carbons (Fsp3) is 0.478. The van der Waals surface area contributed by atoms with Gasteiger partial charge in [0.2, 0.25) is 17.7 Å². The number of H-pyrrole nitrogens is 1. The second-order valence-corrected chi connectivity index (χ2v) is 8.67. The van der Waals surface area contributed by atoms with Crippen molar-refractivity contribution in [2.75, 3.05) is 6.61 Å². The van der Waals surface area contributed by atoms with Crippen LogP contribution in [0.5, 0.6) is 0 Å². The monoisotopic (exact) mass is 475 g/mol. The molecule has 2 aromatic rings. The van der Waals surface area contributed by atoms with Gasteiger partial charge in [-0.1, -0.05) is 32.0 Å². The number of aromatic nitrogens is 1. The Morgan fingerprint density at radius 3 is 2.21 bits per heavy atom. The Hall–Kier alpha value is -3.44. The number of carboxylic acids is 1. The first-order chi connectivity index (χ1) is 16.0. The SMILES string of the molecule is CC(C)CC(N)C(=O)NC(Cc1c[nH]c2ccccc12)C(=O)NC(CO)C(=O)NC(C)C(=O)O. The van der Waals surface area contributed by atoms with Gasteiger partial charge < -0.3 is 36.9 Å². The molecule has 1 aromatic carbocycles. The van der Waals surface area contributed by atoms with Crippen LogP contribution in [0.2, 0.25) is 0 Å². The van der Waals surface area contributed by atoms with Crippen LogP contribution in [0, 0.1) is 5.92 Å². The number of aliphatic hydroxyl groups excluding tert-OH is 1. The van der Waals surface area contributed by atoms with E-state index in [1.807, 2.05) is 38.1 Å². The zero-order valence-corrected chi connectivity index (χ0v) is 19.5. The van der Waals surface area contributed by atoms with Crippen LogP contribution in [0.1, 0.15) is 32.8 Å². The average molecular weight is 476 g/mol. The normalized spacial score (nSPS) is 14.8. The highest BCUT2D eigenvalue weighted by Gasteiger charge is 2.30. The number of rotatable bonds is 12. The lowest BCUT2D eigenvalue weighted by Gasteiger charge is -2.24. The predicted octanol–water partition coefficient (Wildman–Crippen LogP) is -0.365. The first-order valence-corrected chi connectivity index (χ1v) is 11.1. The summed E-state index contributed by atoms with van der Waals surface area (Å²) < 4.78 is 0. The van der Waals surface area contributed by atoms with Crippen molar-refractivity contribution in [2.24, 2.45) is 11.7 Å². The van der Waals surface area contributed by atoms with Gasteiger partial charge in [0.25, 0.3) is 0 Å². The minimum absolute atomic E-state index is 0.0985. The molecule has 2 rings (SSSR count). The molecule has 11 heteroatoms. The van der Waals surface area contributed by atoms with E-state index in [9.17, 15) is 24.3 Å². The lowest BCUT2D eigenvalue weighted by atomic mass is 10.0.